The first-order chi connectivity index (χ1) is 17.6. The number of carbonyl (C=O) groups is 2. The van der Waals surface area contributed by atoms with Crippen LogP contribution in [0.15, 0.2) is 36.7 Å². The molecule has 1 amide bonds. The van der Waals surface area contributed by atoms with Crippen molar-refractivity contribution in [3.8, 4) is 17.5 Å². The Balaban J connectivity index is 1.59. The number of ether oxygens (including phenoxy) is 1. The summed E-state index contributed by atoms with van der Waals surface area (Å²) in [6.45, 7) is 4.04. The van der Waals surface area contributed by atoms with E-state index in [1.807, 2.05) is 12.1 Å². The Bertz CT molecular complexity index is 1350. The number of halogens is 1. The molecule has 3 heterocycles. The van der Waals surface area contributed by atoms with Gasteiger partial charge in [-0.05, 0) is 38.1 Å². The van der Waals surface area contributed by atoms with Gasteiger partial charge in [-0.1, -0.05) is 6.92 Å². The number of fused-ring (bicyclic) bond motifs is 1. The number of esters is 1. The normalized spacial score (nSPS) is 17.9. The van der Waals surface area contributed by atoms with E-state index in [-0.39, 0.29) is 30.2 Å². The van der Waals surface area contributed by atoms with Crippen LogP contribution in [0.4, 0.5) is 10.1 Å². The SMILES string of the molecule is CCC(=O)OC1CC(Nc2cc(-c3ccc4cc(C#N)cnn34)ncc2C(=O)NC[C@@H](F)C(C)(C)O)C1. The minimum atomic E-state index is -1.66. The van der Waals surface area contributed by atoms with Gasteiger partial charge in [0.25, 0.3) is 5.91 Å². The minimum Gasteiger partial charge on any atom is -0.462 e. The van der Waals surface area contributed by atoms with Crippen LogP contribution >= 0.6 is 0 Å². The van der Waals surface area contributed by atoms with E-state index in [2.05, 4.69) is 26.8 Å². The van der Waals surface area contributed by atoms with Crippen LogP contribution in [0.1, 0.15) is 56.0 Å². The van der Waals surface area contributed by atoms with Gasteiger partial charge in [-0.25, -0.2) is 8.91 Å². The van der Waals surface area contributed by atoms with Gasteiger partial charge in [-0.15, -0.1) is 0 Å². The number of pyridine rings is 1. The maximum atomic E-state index is 14.2. The maximum absolute atomic E-state index is 14.2. The summed E-state index contributed by atoms with van der Waals surface area (Å²) in [4.78, 5) is 29.0. The molecule has 1 saturated carbocycles. The summed E-state index contributed by atoms with van der Waals surface area (Å²) >= 11 is 0. The molecule has 11 heteroatoms. The fourth-order valence-corrected chi connectivity index (χ4v) is 3.95. The number of aliphatic hydroxyl groups is 1. The molecule has 0 bridgehead atoms. The quantitative estimate of drug-likeness (QED) is 0.375. The number of alkyl halides is 1. The summed E-state index contributed by atoms with van der Waals surface area (Å²) in [6.07, 6.45) is 2.50. The molecule has 0 spiro atoms. The zero-order valence-corrected chi connectivity index (χ0v) is 20.9. The summed E-state index contributed by atoms with van der Waals surface area (Å²) in [5, 5.41) is 29.1. The number of anilines is 1. The highest BCUT2D eigenvalue weighted by Gasteiger charge is 2.33. The van der Waals surface area contributed by atoms with E-state index in [1.165, 1.54) is 26.2 Å². The number of aromatic nitrogens is 3. The lowest BCUT2D eigenvalue weighted by molar-refractivity contribution is -0.152. The van der Waals surface area contributed by atoms with Crippen LogP contribution in [-0.4, -0.2) is 62.0 Å². The largest absolute Gasteiger partial charge is 0.462 e. The van der Waals surface area contributed by atoms with Gasteiger partial charge in [0.15, 0.2) is 0 Å². The van der Waals surface area contributed by atoms with Gasteiger partial charge in [-0.2, -0.15) is 10.4 Å². The molecule has 3 aromatic rings. The molecule has 1 fully saturated rings. The van der Waals surface area contributed by atoms with Gasteiger partial charge >= 0.3 is 5.97 Å². The number of nitrogens with one attached hydrogen (secondary N) is 2. The first kappa shape index (κ1) is 26.0. The van der Waals surface area contributed by atoms with Crippen LogP contribution in [0.5, 0.6) is 0 Å². The Morgan fingerprint density at radius 1 is 1.32 bits per heavy atom. The molecule has 0 saturated heterocycles. The van der Waals surface area contributed by atoms with Crippen molar-refractivity contribution < 1.29 is 23.8 Å². The van der Waals surface area contributed by atoms with Crippen LogP contribution in [0.3, 0.4) is 0 Å². The lowest BCUT2D eigenvalue weighted by Crippen LogP contribution is -2.43. The molecule has 3 aromatic heterocycles. The predicted octanol–water partition coefficient (Wildman–Crippen LogP) is 3.00. The van der Waals surface area contributed by atoms with Crippen molar-refractivity contribution in [2.75, 3.05) is 11.9 Å². The molecule has 0 unspecified atom stereocenters. The summed E-state index contributed by atoms with van der Waals surface area (Å²) in [5.74, 6) is -0.798. The van der Waals surface area contributed by atoms with E-state index in [4.69, 9.17) is 10.00 Å². The average Bonchev–Trinajstić information content (AvgIpc) is 3.28. The molecular formula is C26H29FN6O4. The van der Waals surface area contributed by atoms with Gasteiger partial charge in [0.2, 0.25) is 0 Å². The van der Waals surface area contributed by atoms with Crippen molar-refractivity contribution in [1.82, 2.24) is 19.9 Å². The molecule has 37 heavy (non-hydrogen) atoms. The zero-order valence-electron chi connectivity index (χ0n) is 20.9. The molecular weight excluding hydrogens is 479 g/mol. The van der Waals surface area contributed by atoms with Gasteiger partial charge < -0.3 is 20.5 Å². The van der Waals surface area contributed by atoms with Crippen molar-refractivity contribution in [1.29, 1.82) is 5.26 Å². The third-order valence-electron chi connectivity index (χ3n) is 6.29. The number of nitriles is 1. The zero-order chi connectivity index (χ0) is 26.7. The third-order valence-corrected chi connectivity index (χ3v) is 6.29. The summed E-state index contributed by atoms with van der Waals surface area (Å²) in [5.41, 5.74) is 1.43. The van der Waals surface area contributed by atoms with E-state index < -0.39 is 17.7 Å². The second-order valence-corrected chi connectivity index (χ2v) is 9.64. The second-order valence-electron chi connectivity index (χ2n) is 9.64. The lowest BCUT2D eigenvalue weighted by atomic mass is 9.88. The van der Waals surface area contributed by atoms with Gasteiger partial charge in [0.1, 0.15) is 18.3 Å². The molecule has 0 radical (unpaired) electrons. The highest BCUT2D eigenvalue weighted by atomic mass is 19.1. The Labute approximate surface area is 213 Å². The van der Waals surface area contributed by atoms with Crippen LogP contribution < -0.4 is 10.6 Å². The van der Waals surface area contributed by atoms with Crippen molar-refractivity contribution in [3.05, 3.63) is 47.8 Å². The van der Waals surface area contributed by atoms with Crippen molar-refractivity contribution in [3.63, 3.8) is 0 Å². The number of hydrogen-bond acceptors (Lipinski definition) is 8. The number of hydrogen-bond donors (Lipinski definition) is 3. The van der Waals surface area contributed by atoms with Gasteiger partial charge in [-0.3, -0.25) is 14.6 Å². The van der Waals surface area contributed by atoms with Crippen LogP contribution in [0.2, 0.25) is 0 Å². The molecule has 1 aliphatic rings. The van der Waals surface area contributed by atoms with Gasteiger partial charge in [0.05, 0.1) is 52.1 Å². The second kappa shape index (κ2) is 10.5. The van der Waals surface area contributed by atoms with Crippen LogP contribution in [0.25, 0.3) is 16.9 Å². The topological polar surface area (TPSA) is 142 Å². The van der Waals surface area contributed by atoms with Gasteiger partial charge in [0, 0.05) is 31.5 Å². The minimum absolute atomic E-state index is 0.0397. The maximum Gasteiger partial charge on any atom is 0.305 e. The van der Waals surface area contributed by atoms with Crippen molar-refractivity contribution in [2.24, 2.45) is 0 Å². The highest BCUT2D eigenvalue weighted by Crippen LogP contribution is 2.31. The Morgan fingerprint density at radius 2 is 2.08 bits per heavy atom. The molecule has 3 N–H and O–H groups in total. The molecule has 194 valence electrons. The summed E-state index contributed by atoms with van der Waals surface area (Å²) < 4.78 is 21.2. The Morgan fingerprint density at radius 3 is 2.76 bits per heavy atom. The van der Waals surface area contributed by atoms with E-state index in [0.717, 1.165) is 0 Å². The molecule has 0 aromatic carbocycles. The number of rotatable bonds is 9. The lowest BCUT2D eigenvalue weighted by Gasteiger charge is -2.36. The molecule has 4 rings (SSSR count). The third kappa shape index (κ3) is 5.86. The Kier molecular flexibility index (Phi) is 7.40. The Hall–Kier alpha value is -4.04. The monoisotopic (exact) mass is 508 g/mol. The van der Waals surface area contributed by atoms with Crippen LogP contribution in [0, 0.1) is 11.3 Å². The van der Waals surface area contributed by atoms with Crippen LogP contribution in [-0.2, 0) is 9.53 Å². The van der Waals surface area contributed by atoms with E-state index in [9.17, 15) is 19.1 Å². The first-order valence-corrected chi connectivity index (χ1v) is 12.1. The smallest absolute Gasteiger partial charge is 0.305 e. The fourth-order valence-electron chi connectivity index (χ4n) is 3.95. The fraction of sp³-hybridized carbons (Fsp3) is 0.423. The van der Waals surface area contributed by atoms with E-state index in [0.29, 0.717) is 47.4 Å². The molecule has 1 aliphatic carbocycles. The number of nitrogens with zero attached hydrogens (tertiary/aromatic N) is 4. The first-order valence-electron chi connectivity index (χ1n) is 12.1. The standard InChI is InChI=1S/C26H29FN6O4/c1-4-24(34)37-18-8-16(9-18)32-20-10-21(22-6-5-17-7-15(11-28)12-31-33(17)22)29-13-19(20)25(35)30-14-23(27)26(2,3)36/h5-7,10,12-13,16,18,23,36H,4,8-9,14H2,1-3H3,(H,29,32)(H,30,35)/t16?,18?,23-/m1/s1. The average molecular weight is 509 g/mol. The molecule has 10 nitrogen and oxygen atoms in total. The van der Waals surface area contributed by atoms with E-state index in [1.54, 1.807) is 23.6 Å². The number of amides is 1. The summed E-state index contributed by atoms with van der Waals surface area (Å²) in [7, 11) is 0. The van der Waals surface area contributed by atoms with Crippen molar-refractivity contribution >= 4 is 23.1 Å². The van der Waals surface area contributed by atoms with Crippen molar-refractivity contribution in [2.45, 2.75) is 64.0 Å². The van der Waals surface area contributed by atoms with E-state index >= 15 is 0 Å². The molecule has 1 atom stereocenters. The summed E-state index contributed by atoms with van der Waals surface area (Å²) in [6, 6.07) is 9.07. The molecule has 0 aliphatic heterocycles. The number of carbonyl (C=O) groups excluding carboxylic acids is 2. The highest BCUT2D eigenvalue weighted by molar-refractivity contribution is 6.00. The predicted molar refractivity (Wildman–Crippen MR) is 133 cm³/mol.